The minimum absolute atomic E-state index is 0.226. The summed E-state index contributed by atoms with van der Waals surface area (Å²) in [6.45, 7) is 0. The van der Waals surface area contributed by atoms with Gasteiger partial charge in [-0.25, -0.2) is 9.37 Å². The normalized spacial score (nSPS) is 11.1. The fourth-order valence-electron chi connectivity index (χ4n) is 1.67. The van der Waals surface area contributed by atoms with Gasteiger partial charge in [0.15, 0.2) is 0 Å². The molecule has 3 nitrogen and oxygen atoms in total. The number of hydrogen-bond donors (Lipinski definition) is 0. The number of nitrogens with zero attached hydrogens (tertiary/aromatic N) is 1. The molecule has 1 aromatic carbocycles. The van der Waals surface area contributed by atoms with Crippen LogP contribution in [0.25, 0.3) is 0 Å². The van der Waals surface area contributed by atoms with E-state index in [4.69, 9.17) is 9.47 Å². The molecule has 2 aromatic rings. The van der Waals surface area contributed by atoms with Gasteiger partial charge in [-0.2, -0.15) is 0 Å². The van der Waals surface area contributed by atoms with Gasteiger partial charge in [0.2, 0.25) is 6.29 Å². The standard InChI is InChI=1S/C13H14FNO2S/c1-16-13(17-2)11-8-18-12(15-11)7-9-4-3-5-10(14)6-9/h3-6,8,13H,7H2,1-2H3. The summed E-state index contributed by atoms with van der Waals surface area (Å²) in [6, 6.07) is 6.54. The number of benzene rings is 1. The molecule has 0 radical (unpaired) electrons. The third kappa shape index (κ3) is 3.13. The first-order chi connectivity index (χ1) is 8.72. The molecular weight excluding hydrogens is 253 g/mol. The highest BCUT2D eigenvalue weighted by molar-refractivity contribution is 7.09. The van der Waals surface area contributed by atoms with Crippen molar-refractivity contribution in [1.29, 1.82) is 0 Å². The number of halogens is 1. The van der Waals surface area contributed by atoms with Crippen molar-refractivity contribution in [2.45, 2.75) is 12.7 Å². The molecule has 0 N–H and O–H groups in total. The van der Waals surface area contributed by atoms with E-state index in [2.05, 4.69) is 4.98 Å². The summed E-state index contributed by atoms with van der Waals surface area (Å²) in [7, 11) is 3.14. The van der Waals surface area contributed by atoms with E-state index in [-0.39, 0.29) is 5.82 Å². The molecule has 0 aliphatic carbocycles. The van der Waals surface area contributed by atoms with E-state index < -0.39 is 6.29 Å². The third-order valence-electron chi connectivity index (χ3n) is 2.48. The van der Waals surface area contributed by atoms with Crippen molar-refractivity contribution in [2.75, 3.05) is 14.2 Å². The van der Waals surface area contributed by atoms with Crippen LogP contribution in [0.4, 0.5) is 4.39 Å². The predicted molar refractivity (Wildman–Crippen MR) is 68.1 cm³/mol. The highest BCUT2D eigenvalue weighted by atomic mass is 32.1. The monoisotopic (exact) mass is 267 g/mol. The van der Waals surface area contributed by atoms with Gasteiger partial charge in [-0.3, -0.25) is 0 Å². The predicted octanol–water partition coefficient (Wildman–Crippen LogP) is 3.16. The largest absolute Gasteiger partial charge is 0.350 e. The van der Waals surface area contributed by atoms with Crippen LogP contribution in [0.2, 0.25) is 0 Å². The Balaban J connectivity index is 2.11. The van der Waals surface area contributed by atoms with Crippen LogP contribution in [0.15, 0.2) is 29.6 Å². The van der Waals surface area contributed by atoms with Crippen molar-refractivity contribution in [3.8, 4) is 0 Å². The summed E-state index contributed by atoms with van der Waals surface area (Å²) in [4.78, 5) is 4.42. The van der Waals surface area contributed by atoms with E-state index in [0.717, 1.165) is 16.3 Å². The summed E-state index contributed by atoms with van der Waals surface area (Å²) in [5.41, 5.74) is 1.65. The molecule has 5 heteroatoms. The van der Waals surface area contributed by atoms with Crippen molar-refractivity contribution in [3.05, 3.63) is 51.7 Å². The van der Waals surface area contributed by atoms with E-state index in [9.17, 15) is 4.39 Å². The Labute approximate surface area is 109 Å². The molecule has 2 rings (SSSR count). The van der Waals surface area contributed by atoms with Gasteiger partial charge in [-0.15, -0.1) is 11.3 Å². The molecule has 0 fully saturated rings. The molecule has 1 heterocycles. The van der Waals surface area contributed by atoms with Crippen LogP contribution < -0.4 is 0 Å². The van der Waals surface area contributed by atoms with E-state index >= 15 is 0 Å². The lowest BCUT2D eigenvalue weighted by atomic mass is 10.1. The van der Waals surface area contributed by atoms with Crippen LogP contribution in [0.1, 0.15) is 22.6 Å². The Morgan fingerprint density at radius 1 is 1.33 bits per heavy atom. The summed E-state index contributed by atoms with van der Waals surface area (Å²) in [5, 5.41) is 2.81. The van der Waals surface area contributed by atoms with Crippen LogP contribution in [-0.2, 0) is 15.9 Å². The molecule has 0 aliphatic rings. The molecule has 0 atom stereocenters. The maximum Gasteiger partial charge on any atom is 0.201 e. The van der Waals surface area contributed by atoms with Gasteiger partial charge in [0.05, 0.1) is 5.01 Å². The second kappa shape index (κ2) is 6.04. The zero-order valence-electron chi connectivity index (χ0n) is 10.2. The second-order valence-electron chi connectivity index (χ2n) is 3.78. The first kappa shape index (κ1) is 13.1. The molecule has 0 bridgehead atoms. The summed E-state index contributed by atoms with van der Waals surface area (Å²) < 4.78 is 23.3. The van der Waals surface area contributed by atoms with Gasteiger partial charge in [0.25, 0.3) is 0 Å². The fourth-order valence-corrected chi connectivity index (χ4v) is 2.50. The molecule has 0 amide bonds. The van der Waals surface area contributed by atoms with Crippen LogP contribution in [-0.4, -0.2) is 19.2 Å². The average Bonchev–Trinajstić information content (AvgIpc) is 2.79. The van der Waals surface area contributed by atoms with Gasteiger partial charge in [0, 0.05) is 26.0 Å². The van der Waals surface area contributed by atoms with Gasteiger partial charge >= 0.3 is 0 Å². The lowest BCUT2D eigenvalue weighted by Crippen LogP contribution is -2.04. The summed E-state index contributed by atoms with van der Waals surface area (Å²) in [5.74, 6) is -0.226. The highest BCUT2D eigenvalue weighted by Crippen LogP contribution is 2.22. The maximum absolute atomic E-state index is 13.1. The molecule has 0 saturated heterocycles. The van der Waals surface area contributed by atoms with Crippen molar-refractivity contribution in [3.63, 3.8) is 0 Å². The molecule has 18 heavy (non-hydrogen) atoms. The zero-order valence-corrected chi connectivity index (χ0v) is 11.0. The minimum atomic E-state index is -0.442. The third-order valence-corrected chi connectivity index (χ3v) is 3.35. The molecular formula is C13H14FNO2S. The van der Waals surface area contributed by atoms with Crippen LogP contribution in [0.5, 0.6) is 0 Å². The number of aromatic nitrogens is 1. The summed E-state index contributed by atoms with van der Waals surface area (Å²) in [6.07, 6.45) is 0.172. The van der Waals surface area contributed by atoms with Crippen LogP contribution in [0, 0.1) is 5.82 Å². The molecule has 1 aromatic heterocycles. The molecule has 0 unspecified atom stereocenters. The quantitative estimate of drug-likeness (QED) is 0.780. The Bertz CT molecular complexity index is 511. The Morgan fingerprint density at radius 2 is 2.11 bits per heavy atom. The van der Waals surface area contributed by atoms with Crippen LogP contribution in [0.3, 0.4) is 0 Å². The molecule has 96 valence electrons. The van der Waals surface area contributed by atoms with Gasteiger partial charge in [-0.1, -0.05) is 12.1 Å². The molecule has 0 aliphatic heterocycles. The number of hydrogen-bond acceptors (Lipinski definition) is 4. The van der Waals surface area contributed by atoms with Crippen molar-refractivity contribution < 1.29 is 13.9 Å². The average molecular weight is 267 g/mol. The lowest BCUT2D eigenvalue weighted by Gasteiger charge is -2.09. The second-order valence-corrected chi connectivity index (χ2v) is 4.72. The van der Waals surface area contributed by atoms with Crippen molar-refractivity contribution in [2.24, 2.45) is 0 Å². The van der Waals surface area contributed by atoms with E-state index in [1.165, 1.54) is 23.5 Å². The van der Waals surface area contributed by atoms with E-state index in [0.29, 0.717) is 6.42 Å². The smallest absolute Gasteiger partial charge is 0.201 e. The summed E-state index contributed by atoms with van der Waals surface area (Å²) >= 11 is 1.52. The Hall–Kier alpha value is -1.30. The first-order valence-electron chi connectivity index (χ1n) is 5.47. The van der Waals surface area contributed by atoms with E-state index in [1.54, 1.807) is 20.3 Å². The Morgan fingerprint density at radius 3 is 2.78 bits per heavy atom. The Kier molecular flexibility index (Phi) is 4.41. The molecule has 0 spiro atoms. The number of rotatable bonds is 5. The van der Waals surface area contributed by atoms with Gasteiger partial charge < -0.3 is 9.47 Å². The first-order valence-corrected chi connectivity index (χ1v) is 6.35. The number of thiazole rings is 1. The SMILES string of the molecule is COC(OC)c1csc(Cc2cccc(F)c2)n1. The topological polar surface area (TPSA) is 31.4 Å². The number of methoxy groups -OCH3 is 2. The lowest BCUT2D eigenvalue weighted by molar-refractivity contribution is -0.108. The van der Waals surface area contributed by atoms with Gasteiger partial charge in [-0.05, 0) is 17.7 Å². The van der Waals surface area contributed by atoms with E-state index in [1.807, 2.05) is 11.4 Å². The fraction of sp³-hybridized carbons (Fsp3) is 0.308. The maximum atomic E-state index is 13.1. The van der Waals surface area contributed by atoms with Crippen LogP contribution >= 0.6 is 11.3 Å². The minimum Gasteiger partial charge on any atom is -0.350 e. The zero-order chi connectivity index (χ0) is 13.0. The molecule has 0 saturated carbocycles. The van der Waals surface area contributed by atoms with Crippen molar-refractivity contribution >= 4 is 11.3 Å². The highest BCUT2D eigenvalue weighted by Gasteiger charge is 2.13. The van der Waals surface area contributed by atoms with Gasteiger partial charge in [0.1, 0.15) is 11.5 Å². The number of ether oxygens (including phenoxy) is 2. The van der Waals surface area contributed by atoms with Crippen molar-refractivity contribution in [1.82, 2.24) is 4.98 Å².